The van der Waals surface area contributed by atoms with E-state index in [-0.39, 0.29) is 17.5 Å². The molecule has 0 aromatic carbocycles. The number of Topliss-reactive ketones (excluding diaryl/α,β-unsaturated/α-hetero) is 2. The summed E-state index contributed by atoms with van der Waals surface area (Å²) in [5.74, 6) is -0.0846. The van der Waals surface area contributed by atoms with Gasteiger partial charge in [0.1, 0.15) is 11.6 Å². The van der Waals surface area contributed by atoms with Crippen molar-refractivity contribution in [2.75, 3.05) is 5.33 Å². The zero-order chi connectivity index (χ0) is 12.4. The predicted octanol–water partition coefficient (Wildman–Crippen LogP) is 3.91. The second-order valence-corrected chi connectivity index (χ2v) is 4.88. The number of halogens is 1. The molecular formula is C13H23BrO2. The Balaban J connectivity index is 3.93. The van der Waals surface area contributed by atoms with E-state index in [0.29, 0.717) is 12.8 Å². The highest BCUT2D eigenvalue weighted by Gasteiger charge is 2.22. The molecular weight excluding hydrogens is 268 g/mol. The second-order valence-electron chi connectivity index (χ2n) is 4.08. The maximum atomic E-state index is 11.6. The van der Waals surface area contributed by atoms with Crippen molar-refractivity contribution in [1.82, 2.24) is 0 Å². The van der Waals surface area contributed by atoms with Crippen molar-refractivity contribution in [3.8, 4) is 0 Å². The Morgan fingerprint density at radius 3 is 1.88 bits per heavy atom. The Morgan fingerprint density at radius 2 is 1.44 bits per heavy atom. The van der Waals surface area contributed by atoms with Crippen LogP contribution in [0.2, 0.25) is 0 Å². The normalized spacial score (nSPS) is 10.8. The lowest BCUT2D eigenvalue weighted by Crippen LogP contribution is -2.22. The third kappa shape index (κ3) is 6.41. The van der Waals surface area contributed by atoms with E-state index in [1.807, 2.05) is 13.8 Å². The van der Waals surface area contributed by atoms with E-state index in [1.165, 1.54) is 12.8 Å². The van der Waals surface area contributed by atoms with Crippen molar-refractivity contribution in [1.29, 1.82) is 0 Å². The summed E-state index contributed by atoms with van der Waals surface area (Å²) >= 11 is 3.39. The Bertz CT molecular complexity index is 198. The van der Waals surface area contributed by atoms with Crippen LogP contribution in [0.4, 0.5) is 0 Å². The van der Waals surface area contributed by atoms with Gasteiger partial charge in [-0.2, -0.15) is 0 Å². The maximum absolute atomic E-state index is 11.6. The fourth-order valence-electron chi connectivity index (χ4n) is 1.79. The molecule has 3 heteroatoms. The van der Waals surface area contributed by atoms with Crippen LogP contribution in [0.1, 0.15) is 58.8 Å². The van der Waals surface area contributed by atoms with Gasteiger partial charge < -0.3 is 0 Å². The summed E-state index contributed by atoms with van der Waals surface area (Å²) in [6.45, 7) is 3.67. The van der Waals surface area contributed by atoms with Crippen LogP contribution in [0.5, 0.6) is 0 Å². The van der Waals surface area contributed by atoms with Gasteiger partial charge >= 0.3 is 0 Å². The molecule has 0 atom stereocenters. The third-order valence-electron chi connectivity index (χ3n) is 2.85. The minimum Gasteiger partial charge on any atom is -0.299 e. The number of unbranched alkanes of at least 4 members (excludes halogenated alkanes) is 3. The largest absolute Gasteiger partial charge is 0.299 e. The predicted molar refractivity (Wildman–Crippen MR) is 71.0 cm³/mol. The van der Waals surface area contributed by atoms with Gasteiger partial charge in [0.15, 0.2) is 0 Å². The van der Waals surface area contributed by atoms with E-state index in [9.17, 15) is 9.59 Å². The van der Waals surface area contributed by atoms with Crippen LogP contribution in [-0.2, 0) is 9.59 Å². The lowest BCUT2D eigenvalue weighted by Gasteiger charge is -2.12. The second kappa shape index (κ2) is 10.0. The number of carbonyl (C=O) groups excluding carboxylic acids is 2. The van der Waals surface area contributed by atoms with Crippen LogP contribution >= 0.6 is 15.9 Å². The van der Waals surface area contributed by atoms with Crippen LogP contribution in [0.3, 0.4) is 0 Å². The number of rotatable bonds is 10. The van der Waals surface area contributed by atoms with Crippen LogP contribution in [0.25, 0.3) is 0 Å². The number of hydrogen-bond acceptors (Lipinski definition) is 2. The smallest absolute Gasteiger partial charge is 0.143 e. The van der Waals surface area contributed by atoms with Crippen molar-refractivity contribution < 1.29 is 9.59 Å². The molecule has 0 spiro atoms. The number of hydrogen-bond donors (Lipinski definition) is 0. The topological polar surface area (TPSA) is 34.1 Å². The molecule has 0 aliphatic rings. The Hall–Kier alpha value is -0.180. The molecule has 0 radical (unpaired) electrons. The summed E-state index contributed by atoms with van der Waals surface area (Å²) in [5, 5.41) is 1.04. The van der Waals surface area contributed by atoms with E-state index >= 15 is 0 Å². The molecule has 0 amide bonds. The lowest BCUT2D eigenvalue weighted by molar-refractivity contribution is -0.132. The highest BCUT2D eigenvalue weighted by atomic mass is 79.9. The fraction of sp³-hybridized carbons (Fsp3) is 0.846. The minimum absolute atomic E-state index is 0.118. The van der Waals surface area contributed by atoms with E-state index in [4.69, 9.17) is 0 Å². The molecule has 0 aromatic rings. The van der Waals surface area contributed by atoms with E-state index < -0.39 is 0 Å². The van der Waals surface area contributed by atoms with E-state index in [0.717, 1.165) is 24.6 Å². The van der Waals surface area contributed by atoms with Gasteiger partial charge in [0.05, 0.1) is 5.92 Å². The van der Waals surface area contributed by atoms with Crippen molar-refractivity contribution in [2.45, 2.75) is 58.8 Å². The van der Waals surface area contributed by atoms with Crippen molar-refractivity contribution in [2.24, 2.45) is 5.92 Å². The van der Waals surface area contributed by atoms with Crippen LogP contribution in [0, 0.1) is 5.92 Å². The summed E-state index contributed by atoms with van der Waals surface area (Å²) in [5.41, 5.74) is 0. The zero-order valence-corrected chi connectivity index (χ0v) is 12.0. The summed E-state index contributed by atoms with van der Waals surface area (Å²) in [6.07, 6.45) is 6.19. The first-order valence-corrected chi connectivity index (χ1v) is 7.40. The average molecular weight is 291 g/mol. The van der Waals surface area contributed by atoms with Crippen molar-refractivity contribution >= 4 is 27.5 Å². The molecule has 2 nitrogen and oxygen atoms in total. The van der Waals surface area contributed by atoms with E-state index in [1.54, 1.807) is 0 Å². The Labute approximate surface area is 107 Å². The van der Waals surface area contributed by atoms with Gasteiger partial charge in [-0.3, -0.25) is 9.59 Å². The van der Waals surface area contributed by atoms with Gasteiger partial charge in [-0.1, -0.05) is 49.0 Å². The third-order valence-corrected chi connectivity index (χ3v) is 3.41. The van der Waals surface area contributed by atoms with E-state index in [2.05, 4.69) is 15.9 Å². The van der Waals surface area contributed by atoms with Gasteiger partial charge in [0.25, 0.3) is 0 Å². The molecule has 16 heavy (non-hydrogen) atoms. The lowest BCUT2D eigenvalue weighted by atomic mass is 9.90. The standard InChI is InChI=1S/C13H23BrO2/c1-3-12(15)11(13(16)4-2)9-7-5-6-8-10-14/h11H,3-10H2,1-2H3. The van der Waals surface area contributed by atoms with Crippen LogP contribution in [-0.4, -0.2) is 16.9 Å². The summed E-state index contributed by atoms with van der Waals surface area (Å²) in [4.78, 5) is 23.2. The molecule has 0 unspecified atom stereocenters. The van der Waals surface area contributed by atoms with Crippen molar-refractivity contribution in [3.63, 3.8) is 0 Å². The SMILES string of the molecule is CCC(=O)C(CCCCCCBr)C(=O)CC. The molecule has 0 aliphatic carbocycles. The van der Waals surface area contributed by atoms with Gasteiger partial charge in [0.2, 0.25) is 0 Å². The van der Waals surface area contributed by atoms with Crippen LogP contribution < -0.4 is 0 Å². The molecule has 0 aliphatic heterocycles. The molecule has 0 N–H and O–H groups in total. The summed E-state index contributed by atoms with van der Waals surface area (Å²) in [7, 11) is 0. The maximum Gasteiger partial charge on any atom is 0.143 e. The first-order valence-electron chi connectivity index (χ1n) is 6.28. The first kappa shape index (κ1) is 15.8. The minimum atomic E-state index is -0.320. The van der Waals surface area contributed by atoms with Gasteiger partial charge in [-0.25, -0.2) is 0 Å². The molecule has 0 aromatic heterocycles. The van der Waals surface area contributed by atoms with Gasteiger partial charge in [0, 0.05) is 18.2 Å². The molecule has 94 valence electrons. The first-order chi connectivity index (χ1) is 7.67. The molecule has 0 rings (SSSR count). The highest BCUT2D eigenvalue weighted by molar-refractivity contribution is 9.09. The Morgan fingerprint density at radius 1 is 0.938 bits per heavy atom. The van der Waals surface area contributed by atoms with Gasteiger partial charge in [-0.05, 0) is 12.8 Å². The van der Waals surface area contributed by atoms with Gasteiger partial charge in [-0.15, -0.1) is 0 Å². The summed E-state index contributed by atoms with van der Waals surface area (Å²) in [6, 6.07) is 0. The van der Waals surface area contributed by atoms with Crippen molar-refractivity contribution in [3.05, 3.63) is 0 Å². The fourth-order valence-corrected chi connectivity index (χ4v) is 2.19. The Kier molecular flexibility index (Phi) is 9.89. The molecule has 0 saturated heterocycles. The quantitative estimate of drug-likeness (QED) is 0.347. The molecule has 0 fully saturated rings. The zero-order valence-electron chi connectivity index (χ0n) is 10.4. The highest BCUT2D eigenvalue weighted by Crippen LogP contribution is 2.16. The molecule has 0 bridgehead atoms. The molecule has 0 saturated carbocycles. The number of carbonyl (C=O) groups is 2. The summed E-state index contributed by atoms with van der Waals surface area (Å²) < 4.78 is 0. The monoisotopic (exact) mass is 290 g/mol. The van der Waals surface area contributed by atoms with Crippen LogP contribution in [0.15, 0.2) is 0 Å². The molecule has 0 heterocycles. The average Bonchev–Trinajstić information content (AvgIpc) is 2.32. The number of ketones is 2. The number of alkyl halides is 1.